The molecule has 0 unspecified atom stereocenters. The van der Waals surface area contributed by atoms with Crippen molar-refractivity contribution in [3.63, 3.8) is 0 Å². The number of phosphoric ester groups is 1. The van der Waals surface area contributed by atoms with Gasteiger partial charge in [-0.05, 0) is 33.1 Å². The first-order valence-corrected chi connectivity index (χ1v) is 6.84. The van der Waals surface area contributed by atoms with Crippen molar-refractivity contribution < 1.29 is 18.1 Å². The van der Waals surface area contributed by atoms with Crippen LogP contribution in [-0.4, -0.2) is 19.3 Å². The fourth-order valence-electron chi connectivity index (χ4n) is 0.931. The summed E-state index contributed by atoms with van der Waals surface area (Å²) >= 11 is 0. The second kappa shape index (κ2) is 9.61. The van der Waals surface area contributed by atoms with Crippen LogP contribution in [0.25, 0.3) is 0 Å². The Kier molecular flexibility index (Phi) is 9.39. The summed E-state index contributed by atoms with van der Waals surface area (Å²) in [7, 11) is -3.64. The third-order valence-electron chi connectivity index (χ3n) is 1.53. The molecule has 96 valence electrons. The third kappa shape index (κ3) is 7.51. The van der Waals surface area contributed by atoms with Crippen molar-refractivity contribution in [2.75, 3.05) is 13.2 Å². The molecule has 0 N–H and O–H groups in total. The van der Waals surface area contributed by atoms with Gasteiger partial charge < -0.3 is 0 Å². The fraction of sp³-hybridized carbons (Fsp3) is 0.545. The van der Waals surface area contributed by atoms with E-state index in [4.69, 9.17) is 18.8 Å². The van der Waals surface area contributed by atoms with Gasteiger partial charge in [0, 0.05) is 6.42 Å². The van der Waals surface area contributed by atoms with Crippen molar-refractivity contribution >= 4 is 7.82 Å². The van der Waals surface area contributed by atoms with Crippen molar-refractivity contribution in [3.05, 3.63) is 25.7 Å². The third-order valence-corrected chi connectivity index (χ3v) is 3.17. The molecule has 0 aliphatic heterocycles. The van der Waals surface area contributed by atoms with E-state index in [0.717, 1.165) is 0 Å². The summed E-state index contributed by atoms with van der Waals surface area (Å²) in [5.74, 6) is 0. The molecule has 0 aromatic rings. The molecule has 0 spiro atoms. The van der Waals surface area contributed by atoms with Crippen molar-refractivity contribution in [1.82, 2.24) is 0 Å². The molecule has 17 heavy (non-hydrogen) atoms. The summed E-state index contributed by atoms with van der Waals surface area (Å²) < 4.78 is 26.8. The molecule has 0 aromatic carbocycles. The van der Waals surface area contributed by atoms with Gasteiger partial charge in [-0.3, -0.25) is 13.6 Å². The van der Waals surface area contributed by atoms with Crippen LogP contribution < -0.4 is 0 Å². The molecule has 0 saturated carbocycles. The monoisotopic (exact) mass is 259 g/mol. The van der Waals surface area contributed by atoms with Crippen LogP contribution in [0.5, 0.6) is 0 Å². The summed E-state index contributed by atoms with van der Waals surface area (Å²) in [6.45, 7) is 5.57. The first-order valence-electron chi connectivity index (χ1n) is 5.38. The van der Waals surface area contributed by atoms with E-state index in [0.29, 0.717) is 0 Å². The molecular weight excluding hydrogens is 241 g/mol. The summed E-state index contributed by atoms with van der Waals surface area (Å²) in [6.07, 6.45) is 5.69. The zero-order chi connectivity index (χ0) is 13.1. The van der Waals surface area contributed by atoms with Gasteiger partial charge in [-0.2, -0.15) is 5.26 Å². The SMILES string of the molecule is C[CH][CH][CH][CH][C@@H](C#N)OP(=O)(OCC)OCC. The van der Waals surface area contributed by atoms with Crippen LogP contribution in [0, 0.1) is 37.0 Å². The van der Waals surface area contributed by atoms with Crippen molar-refractivity contribution in [2.45, 2.75) is 26.9 Å². The van der Waals surface area contributed by atoms with E-state index in [1.807, 2.05) is 13.0 Å². The quantitative estimate of drug-likeness (QED) is 0.445. The van der Waals surface area contributed by atoms with Gasteiger partial charge in [0.25, 0.3) is 0 Å². The lowest BCUT2D eigenvalue weighted by atomic mass is 10.1. The normalized spacial score (nSPS) is 13.3. The molecule has 0 heterocycles. The molecule has 0 rings (SSSR count). The van der Waals surface area contributed by atoms with E-state index >= 15 is 0 Å². The molecule has 0 aliphatic rings. The minimum atomic E-state index is -3.64. The summed E-state index contributed by atoms with van der Waals surface area (Å²) in [6, 6.07) is 1.86. The van der Waals surface area contributed by atoms with Crippen LogP contribution in [0.1, 0.15) is 20.8 Å². The number of rotatable bonds is 10. The van der Waals surface area contributed by atoms with Crippen LogP contribution in [0.3, 0.4) is 0 Å². The van der Waals surface area contributed by atoms with Gasteiger partial charge >= 0.3 is 7.82 Å². The summed E-state index contributed by atoms with van der Waals surface area (Å²) in [4.78, 5) is 0. The molecule has 0 bridgehead atoms. The maximum Gasteiger partial charge on any atom is 0.476 e. The van der Waals surface area contributed by atoms with Gasteiger partial charge in [-0.25, -0.2) is 4.57 Å². The zero-order valence-electron chi connectivity index (χ0n) is 10.3. The van der Waals surface area contributed by atoms with E-state index in [9.17, 15) is 4.57 Å². The van der Waals surface area contributed by atoms with Gasteiger partial charge in [0.05, 0.1) is 19.3 Å². The van der Waals surface area contributed by atoms with E-state index in [1.54, 1.807) is 33.1 Å². The second-order valence-corrected chi connectivity index (χ2v) is 4.47. The molecule has 0 aliphatic carbocycles. The van der Waals surface area contributed by atoms with Crippen molar-refractivity contribution in [3.8, 4) is 6.07 Å². The maximum absolute atomic E-state index is 11.9. The number of hydrogen-bond donors (Lipinski definition) is 0. The van der Waals surface area contributed by atoms with Crippen LogP contribution in [0.4, 0.5) is 0 Å². The fourth-order valence-corrected chi connectivity index (χ4v) is 2.16. The van der Waals surface area contributed by atoms with Crippen LogP contribution in [0.2, 0.25) is 0 Å². The minimum Gasteiger partial charge on any atom is -0.287 e. The topological polar surface area (TPSA) is 68.5 Å². The Bertz CT molecular complexity index is 267. The number of unbranched alkanes of at least 4 members (excludes halogenated alkanes) is 2. The van der Waals surface area contributed by atoms with Crippen molar-refractivity contribution in [2.24, 2.45) is 0 Å². The summed E-state index contributed by atoms with van der Waals surface area (Å²) in [5, 5.41) is 8.84. The molecule has 0 fully saturated rings. The molecule has 0 saturated heterocycles. The Hall–Kier alpha value is -0.400. The van der Waals surface area contributed by atoms with Gasteiger partial charge in [-0.15, -0.1) is 0 Å². The van der Waals surface area contributed by atoms with Gasteiger partial charge in [0.2, 0.25) is 0 Å². The lowest BCUT2D eigenvalue weighted by Gasteiger charge is -2.18. The lowest BCUT2D eigenvalue weighted by molar-refractivity contribution is 0.112. The average Bonchev–Trinajstić information content (AvgIpc) is 2.28. The number of nitrogens with zero attached hydrogens (tertiary/aromatic N) is 1. The van der Waals surface area contributed by atoms with E-state index < -0.39 is 13.9 Å². The molecule has 1 atom stereocenters. The van der Waals surface area contributed by atoms with E-state index in [1.165, 1.54) is 6.42 Å². The Labute approximate surface area is 104 Å². The van der Waals surface area contributed by atoms with Gasteiger partial charge in [-0.1, -0.05) is 6.92 Å². The van der Waals surface area contributed by atoms with Crippen LogP contribution >= 0.6 is 7.82 Å². The first kappa shape index (κ1) is 16.6. The Morgan fingerprint density at radius 3 is 2.29 bits per heavy atom. The largest absolute Gasteiger partial charge is 0.476 e. The van der Waals surface area contributed by atoms with E-state index in [-0.39, 0.29) is 13.2 Å². The maximum atomic E-state index is 11.9. The molecule has 0 amide bonds. The highest BCUT2D eigenvalue weighted by Crippen LogP contribution is 2.50. The highest BCUT2D eigenvalue weighted by Gasteiger charge is 2.29. The highest BCUT2D eigenvalue weighted by molar-refractivity contribution is 7.48. The Morgan fingerprint density at radius 2 is 1.88 bits per heavy atom. The van der Waals surface area contributed by atoms with Crippen LogP contribution in [0.15, 0.2) is 0 Å². The minimum absolute atomic E-state index is 0.188. The predicted molar refractivity (Wildman–Crippen MR) is 64.2 cm³/mol. The Balaban J connectivity index is 4.29. The first-order chi connectivity index (χ1) is 8.11. The lowest BCUT2D eigenvalue weighted by Crippen LogP contribution is -2.12. The highest BCUT2D eigenvalue weighted by atomic mass is 31.2. The zero-order valence-corrected chi connectivity index (χ0v) is 11.2. The molecular formula is C11H18NO4P. The molecule has 5 nitrogen and oxygen atoms in total. The van der Waals surface area contributed by atoms with Gasteiger partial charge in [0.15, 0.2) is 6.10 Å². The average molecular weight is 259 g/mol. The number of nitriles is 1. The molecule has 0 aromatic heterocycles. The Morgan fingerprint density at radius 1 is 1.29 bits per heavy atom. The number of hydrogen-bond acceptors (Lipinski definition) is 5. The van der Waals surface area contributed by atoms with E-state index in [2.05, 4.69) is 0 Å². The predicted octanol–water partition coefficient (Wildman–Crippen LogP) is 2.91. The summed E-state index contributed by atoms with van der Waals surface area (Å²) in [5.41, 5.74) is 0. The molecule has 6 heteroatoms. The standard InChI is InChI=1S/C11H18NO4P/c1-4-7-8-9-11(10-12)16-17(13,14-5-2)15-6-3/h4,7-9,11H,5-6H2,1-3H3/t11-/m0/s1. The number of phosphoric acid groups is 1. The molecule has 4 radical (unpaired) electrons. The van der Waals surface area contributed by atoms with Crippen LogP contribution in [-0.2, 0) is 18.1 Å². The van der Waals surface area contributed by atoms with Crippen molar-refractivity contribution in [1.29, 1.82) is 5.26 Å². The van der Waals surface area contributed by atoms with Gasteiger partial charge in [0.1, 0.15) is 0 Å². The second-order valence-electron chi connectivity index (χ2n) is 2.85. The smallest absolute Gasteiger partial charge is 0.287 e.